The van der Waals surface area contributed by atoms with Gasteiger partial charge in [0.2, 0.25) is 5.91 Å². The quantitative estimate of drug-likeness (QED) is 0.530. The van der Waals surface area contributed by atoms with E-state index in [2.05, 4.69) is 12.2 Å². The van der Waals surface area contributed by atoms with Crippen molar-refractivity contribution in [2.45, 2.75) is 19.8 Å². The summed E-state index contributed by atoms with van der Waals surface area (Å²) in [6, 6.07) is 12.9. The fourth-order valence-electron chi connectivity index (χ4n) is 2.33. The topological polar surface area (TPSA) is 56.8 Å². The van der Waals surface area contributed by atoms with Crippen LogP contribution in [0.3, 0.4) is 0 Å². The van der Waals surface area contributed by atoms with Crippen molar-refractivity contribution in [2.75, 3.05) is 26.1 Å². The van der Waals surface area contributed by atoms with E-state index >= 15 is 0 Å². The molecule has 0 fully saturated rings. The summed E-state index contributed by atoms with van der Waals surface area (Å²) in [5, 5.41) is 2.85. The van der Waals surface area contributed by atoms with Gasteiger partial charge in [-0.15, -0.1) is 0 Å². The maximum absolute atomic E-state index is 12.2. The monoisotopic (exact) mass is 355 g/mol. The van der Waals surface area contributed by atoms with Crippen molar-refractivity contribution < 1.29 is 19.0 Å². The van der Waals surface area contributed by atoms with Crippen LogP contribution in [0.4, 0.5) is 5.69 Å². The summed E-state index contributed by atoms with van der Waals surface area (Å²) in [6.07, 6.45) is 5.23. The summed E-state index contributed by atoms with van der Waals surface area (Å²) in [7, 11) is 3.16. The predicted molar refractivity (Wildman–Crippen MR) is 104 cm³/mol. The number of carbonyl (C=O) groups is 1. The average molecular weight is 355 g/mol. The van der Waals surface area contributed by atoms with E-state index in [9.17, 15) is 4.79 Å². The van der Waals surface area contributed by atoms with Gasteiger partial charge < -0.3 is 19.5 Å². The number of unbranched alkanes of at least 4 members (excludes halogenated alkanes) is 1. The number of anilines is 1. The Balaban J connectivity index is 2.03. The Hall–Kier alpha value is -2.95. The number of ether oxygens (including phenoxy) is 3. The van der Waals surface area contributed by atoms with Crippen molar-refractivity contribution in [2.24, 2.45) is 0 Å². The van der Waals surface area contributed by atoms with Gasteiger partial charge >= 0.3 is 0 Å². The van der Waals surface area contributed by atoms with Gasteiger partial charge in [0.15, 0.2) is 11.5 Å². The molecule has 0 bridgehead atoms. The van der Waals surface area contributed by atoms with Gasteiger partial charge in [0.05, 0.1) is 26.5 Å². The second-order valence-electron chi connectivity index (χ2n) is 5.64. The molecule has 0 aliphatic rings. The van der Waals surface area contributed by atoms with Crippen LogP contribution in [0.25, 0.3) is 6.08 Å². The molecular weight excluding hydrogens is 330 g/mol. The van der Waals surface area contributed by atoms with Crippen LogP contribution in [0.5, 0.6) is 17.2 Å². The van der Waals surface area contributed by atoms with E-state index in [-0.39, 0.29) is 5.91 Å². The Morgan fingerprint density at radius 2 is 1.81 bits per heavy atom. The number of carbonyl (C=O) groups excluding carboxylic acids is 1. The van der Waals surface area contributed by atoms with Crippen LogP contribution in [0.15, 0.2) is 48.5 Å². The zero-order valence-corrected chi connectivity index (χ0v) is 15.5. The molecular formula is C21H25NO4. The van der Waals surface area contributed by atoms with Gasteiger partial charge in [-0.05, 0) is 42.3 Å². The summed E-state index contributed by atoms with van der Waals surface area (Å²) in [5.74, 6) is 1.71. The molecule has 2 aromatic rings. The van der Waals surface area contributed by atoms with Crippen molar-refractivity contribution >= 4 is 17.7 Å². The minimum absolute atomic E-state index is 0.230. The summed E-state index contributed by atoms with van der Waals surface area (Å²) in [6.45, 7) is 2.74. The van der Waals surface area contributed by atoms with Gasteiger partial charge in [-0.2, -0.15) is 0 Å². The normalized spacial score (nSPS) is 10.6. The van der Waals surface area contributed by atoms with Crippen molar-refractivity contribution in [3.63, 3.8) is 0 Å². The highest BCUT2D eigenvalue weighted by Gasteiger charge is 2.06. The average Bonchev–Trinajstić information content (AvgIpc) is 2.67. The van der Waals surface area contributed by atoms with Gasteiger partial charge in [-0.1, -0.05) is 31.5 Å². The van der Waals surface area contributed by atoms with Gasteiger partial charge in [0.25, 0.3) is 0 Å². The van der Waals surface area contributed by atoms with E-state index in [0.29, 0.717) is 29.5 Å². The van der Waals surface area contributed by atoms with Crippen molar-refractivity contribution in [3.05, 3.63) is 54.1 Å². The van der Waals surface area contributed by atoms with Gasteiger partial charge in [-0.3, -0.25) is 4.79 Å². The molecule has 0 aliphatic carbocycles. The van der Waals surface area contributed by atoms with Crippen LogP contribution in [0.1, 0.15) is 25.3 Å². The zero-order chi connectivity index (χ0) is 18.8. The molecule has 138 valence electrons. The Bertz CT molecular complexity index is 755. The van der Waals surface area contributed by atoms with Crippen LogP contribution >= 0.6 is 0 Å². The molecule has 2 rings (SSSR count). The zero-order valence-electron chi connectivity index (χ0n) is 15.5. The van der Waals surface area contributed by atoms with Crippen LogP contribution < -0.4 is 19.5 Å². The van der Waals surface area contributed by atoms with Crippen LogP contribution in [-0.2, 0) is 4.79 Å². The standard InChI is InChI=1S/C21H25NO4/c1-4-5-14-26-18-9-7-6-8-17(18)22-21(23)13-11-16-10-12-19(24-2)20(15-16)25-3/h6-13,15H,4-5,14H2,1-3H3,(H,22,23)/b13-11+. The lowest BCUT2D eigenvalue weighted by atomic mass is 10.2. The number of para-hydroxylation sites is 2. The molecule has 0 saturated carbocycles. The molecule has 26 heavy (non-hydrogen) atoms. The van der Waals surface area contributed by atoms with Crippen LogP contribution in [0, 0.1) is 0 Å². The number of amides is 1. The lowest BCUT2D eigenvalue weighted by Gasteiger charge is -2.11. The van der Waals surface area contributed by atoms with E-state index in [1.54, 1.807) is 26.4 Å². The lowest BCUT2D eigenvalue weighted by molar-refractivity contribution is -0.111. The first kappa shape index (κ1) is 19.4. The number of hydrogen-bond acceptors (Lipinski definition) is 4. The van der Waals surface area contributed by atoms with Gasteiger partial charge in [0.1, 0.15) is 5.75 Å². The second-order valence-corrected chi connectivity index (χ2v) is 5.64. The SMILES string of the molecule is CCCCOc1ccccc1NC(=O)/C=C/c1ccc(OC)c(OC)c1. The highest BCUT2D eigenvalue weighted by Crippen LogP contribution is 2.28. The molecule has 2 aromatic carbocycles. The molecule has 0 aliphatic heterocycles. The minimum Gasteiger partial charge on any atom is -0.493 e. The fourth-order valence-corrected chi connectivity index (χ4v) is 2.33. The maximum atomic E-state index is 12.2. The van der Waals surface area contributed by atoms with Gasteiger partial charge in [0, 0.05) is 6.08 Å². The Labute approximate surface area is 154 Å². The Morgan fingerprint density at radius 3 is 2.54 bits per heavy atom. The van der Waals surface area contributed by atoms with Crippen molar-refractivity contribution in [1.82, 2.24) is 0 Å². The molecule has 0 heterocycles. The summed E-state index contributed by atoms with van der Waals surface area (Å²) < 4.78 is 16.2. The summed E-state index contributed by atoms with van der Waals surface area (Å²) in [5.41, 5.74) is 1.50. The van der Waals surface area contributed by atoms with Crippen molar-refractivity contribution in [3.8, 4) is 17.2 Å². The Kier molecular flexibility index (Phi) is 7.55. The van der Waals surface area contributed by atoms with Crippen molar-refractivity contribution in [1.29, 1.82) is 0 Å². The second kappa shape index (κ2) is 10.1. The van der Waals surface area contributed by atoms with Crippen LogP contribution in [-0.4, -0.2) is 26.7 Å². The summed E-state index contributed by atoms with van der Waals surface area (Å²) in [4.78, 5) is 12.2. The third-order valence-corrected chi connectivity index (χ3v) is 3.74. The van der Waals surface area contributed by atoms with E-state index in [1.165, 1.54) is 6.08 Å². The van der Waals surface area contributed by atoms with Gasteiger partial charge in [-0.25, -0.2) is 0 Å². The largest absolute Gasteiger partial charge is 0.493 e. The number of rotatable bonds is 9. The number of benzene rings is 2. The first-order valence-corrected chi connectivity index (χ1v) is 8.60. The highest BCUT2D eigenvalue weighted by atomic mass is 16.5. The van der Waals surface area contributed by atoms with Crippen LogP contribution in [0.2, 0.25) is 0 Å². The smallest absolute Gasteiger partial charge is 0.248 e. The number of methoxy groups -OCH3 is 2. The van der Waals surface area contributed by atoms with E-state index in [1.807, 2.05) is 36.4 Å². The lowest BCUT2D eigenvalue weighted by Crippen LogP contribution is -2.09. The molecule has 0 unspecified atom stereocenters. The molecule has 1 N–H and O–H groups in total. The number of nitrogens with one attached hydrogen (secondary N) is 1. The molecule has 5 heteroatoms. The van der Waals surface area contributed by atoms with E-state index in [4.69, 9.17) is 14.2 Å². The molecule has 0 saturated heterocycles. The maximum Gasteiger partial charge on any atom is 0.248 e. The first-order chi connectivity index (χ1) is 12.7. The third-order valence-electron chi connectivity index (χ3n) is 3.74. The molecule has 5 nitrogen and oxygen atoms in total. The highest BCUT2D eigenvalue weighted by molar-refractivity contribution is 6.02. The molecule has 1 amide bonds. The third kappa shape index (κ3) is 5.55. The van der Waals surface area contributed by atoms with E-state index < -0.39 is 0 Å². The predicted octanol–water partition coefficient (Wildman–Crippen LogP) is 4.53. The fraction of sp³-hybridized carbons (Fsp3) is 0.286. The summed E-state index contributed by atoms with van der Waals surface area (Å²) >= 11 is 0. The van der Waals surface area contributed by atoms with E-state index in [0.717, 1.165) is 18.4 Å². The minimum atomic E-state index is -0.230. The number of hydrogen-bond donors (Lipinski definition) is 1. The molecule has 0 spiro atoms. The molecule has 0 radical (unpaired) electrons. The first-order valence-electron chi connectivity index (χ1n) is 8.60. The molecule has 0 aromatic heterocycles. The molecule has 0 atom stereocenters. The Morgan fingerprint density at radius 1 is 1.04 bits per heavy atom.